The van der Waals surface area contributed by atoms with Crippen LogP contribution in [0, 0.1) is 5.92 Å². The van der Waals surface area contributed by atoms with Gasteiger partial charge >= 0.3 is 0 Å². The van der Waals surface area contributed by atoms with E-state index in [9.17, 15) is 9.18 Å². The lowest BCUT2D eigenvalue weighted by atomic mass is 9.93. The molecular formula is C9H13ClFN5O. The van der Waals surface area contributed by atoms with E-state index in [0.717, 1.165) is 19.3 Å². The summed E-state index contributed by atoms with van der Waals surface area (Å²) in [5.41, 5.74) is -1.93. The Bertz CT molecular complexity index is 363. The summed E-state index contributed by atoms with van der Waals surface area (Å²) < 4.78 is 12.6. The van der Waals surface area contributed by atoms with Gasteiger partial charge in [0.25, 0.3) is 11.5 Å². The molecule has 1 N–H and O–H groups in total. The van der Waals surface area contributed by atoms with Crippen LogP contribution in [0.4, 0.5) is 4.39 Å². The van der Waals surface area contributed by atoms with Gasteiger partial charge in [-0.15, -0.1) is 10.2 Å². The van der Waals surface area contributed by atoms with E-state index >= 15 is 0 Å². The van der Waals surface area contributed by atoms with Crippen molar-refractivity contribution in [1.29, 1.82) is 0 Å². The number of halogens is 2. The third kappa shape index (κ3) is 3.12. The van der Waals surface area contributed by atoms with Gasteiger partial charge in [-0.1, -0.05) is 16.8 Å². The lowest BCUT2D eigenvalue weighted by Gasteiger charge is -2.31. The van der Waals surface area contributed by atoms with Crippen LogP contribution in [0.25, 0.3) is 0 Å². The van der Waals surface area contributed by atoms with Crippen molar-refractivity contribution in [2.75, 3.05) is 13.1 Å². The maximum absolute atomic E-state index is 12.6. The number of likely N-dealkylation sites (tertiary alicyclic amines) is 1. The molecule has 1 aliphatic heterocycles. The standard InChI is InChI=1S/C9H13ClFN5O/c10-8(11)9(17)16-3-1-6(2-4-16)5-7-12-14-15-13-7/h6,8H,1-5H2,(H,12,13,14,15). The Morgan fingerprint density at radius 1 is 1.59 bits per heavy atom. The Labute approximate surface area is 103 Å². The number of H-pyrrole nitrogens is 1. The summed E-state index contributed by atoms with van der Waals surface area (Å²) in [4.78, 5) is 12.8. The largest absolute Gasteiger partial charge is 0.339 e. The zero-order chi connectivity index (χ0) is 12.3. The number of hydrogen-bond acceptors (Lipinski definition) is 4. The highest BCUT2D eigenvalue weighted by atomic mass is 35.5. The second-order valence-electron chi connectivity index (χ2n) is 4.10. The lowest BCUT2D eigenvalue weighted by Crippen LogP contribution is -2.41. The van der Waals surface area contributed by atoms with E-state index in [1.54, 1.807) is 0 Å². The van der Waals surface area contributed by atoms with Crippen LogP contribution < -0.4 is 0 Å². The first kappa shape index (κ1) is 12.2. The van der Waals surface area contributed by atoms with Gasteiger partial charge in [-0.05, 0) is 18.8 Å². The summed E-state index contributed by atoms with van der Waals surface area (Å²) in [6.45, 7) is 1.07. The topological polar surface area (TPSA) is 74.8 Å². The first-order valence-corrected chi connectivity index (χ1v) is 5.89. The number of alkyl halides is 2. The summed E-state index contributed by atoms with van der Waals surface area (Å²) >= 11 is 5.12. The molecule has 2 heterocycles. The molecule has 17 heavy (non-hydrogen) atoms. The number of nitrogens with zero attached hydrogens (tertiary/aromatic N) is 4. The quantitative estimate of drug-likeness (QED) is 0.805. The molecule has 1 atom stereocenters. The second kappa shape index (κ2) is 5.39. The Kier molecular flexibility index (Phi) is 3.88. The van der Waals surface area contributed by atoms with Crippen molar-refractivity contribution >= 4 is 17.5 Å². The van der Waals surface area contributed by atoms with Gasteiger partial charge in [0.15, 0.2) is 5.82 Å². The van der Waals surface area contributed by atoms with Gasteiger partial charge in [0, 0.05) is 19.5 Å². The van der Waals surface area contributed by atoms with E-state index in [-0.39, 0.29) is 0 Å². The molecule has 1 fully saturated rings. The fraction of sp³-hybridized carbons (Fsp3) is 0.778. The summed E-state index contributed by atoms with van der Waals surface area (Å²) in [7, 11) is 0. The van der Waals surface area contributed by atoms with E-state index < -0.39 is 11.5 Å². The highest BCUT2D eigenvalue weighted by Crippen LogP contribution is 2.21. The predicted octanol–water partition coefficient (Wildman–Crippen LogP) is 0.515. The monoisotopic (exact) mass is 261 g/mol. The van der Waals surface area contributed by atoms with Gasteiger partial charge < -0.3 is 4.90 Å². The molecule has 0 saturated carbocycles. The van der Waals surface area contributed by atoms with Crippen molar-refractivity contribution in [1.82, 2.24) is 25.5 Å². The van der Waals surface area contributed by atoms with Crippen LogP contribution in [-0.2, 0) is 11.2 Å². The van der Waals surface area contributed by atoms with E-state index in [0.29, 0.717) is 24.8 Å². The Morgan fingerprint density at radius 3 is 2.82 bits per heavy atom. The minimum atomic E-state index is -1.93. The Hall–Kier alpha value is -1.24. The molecule has 8 heteroatoms. The molecule has 1 aliphatic rings. The fourth-order valence-electron chi connectivity index (χ4n) is 2.02. The van der Waals surface area contributed by atoms with Gasteiger partial charge in [0.05, 0.1) is 0 Å². The molecule has 1 unspecified atom stereocenters. The zero-order valence-electron chi connectivity index (χ0n) is 9.14. The van der Waals surface area contributed by atoms with Gasteiger partial charge in [-0.2, -0.15) is 5.21 Å². The minimum Gasteiger partial charge on any atom is -0.339 e. The number of rotatable bonds is 3. The third-order valence-electron chi connectivity index (χ3n) is 2.97. The number of tetrazole rings is 1. The van der Waals surface area contributed by atoms with Crippen molar-refractivity contribution < 1.29 is 9.18 Å². The average Bonchev–Trinajstić information content (AvgIpc) is 2.82. The number of amides is 1. The predicted molar refractivity (Wildman–Crippen MR) is 57.9 cm³/mol. The van der Waals surface area contributed by atoms with Gasteiger partial charge in [0.1, 0.15) is 0 Å². The van der Waals surface area contributed by atoms with Crippen LogP contribution in [0.15, 0.2) is 0 Å². The van der Waals surface area contributed by atoms with Crippen LogP contribution in [0.3, 0.4) is 0 Å². The third-order valence-corrected chi connectivity index (χ3v) is 3.16. The molecule has 1 amide bonds. The zero-order valence-corrected chi connectivity index (χ0v) is 9.90. The van der Waals surface area contributed by atoms with Crippen molar-refractivity contribution in [3.63, 3.8) is 0 Å². The van der Waals surface area contributed by atoms with Crippen LogP contribution in [0.2, 0.25) is 0 Å². The smallest absolute Gasteiger partial charge is 0.272 e. The number of nitrogens with one attached hydrogen (secondary N) is 1. The number of hydrogen-bond donors (Lipinski definition) is 1. The maximum atomic E-state index is 12.6. The Morgan fingerprint density at radius 2 is 2.29 bits per heavy atom. The van der Waals surface area contributed by atoms with E-state index in [1.165, 1.54) is 4.90 Å². The first-order valence-electron chi connectivity index (χ1n) is 5.46. The SMILES string of the molecule is O=C(C(F)Cl)N1CCC(Cc2nn[nH]n2)CC1. The maximum Gasteiger partial charge on any atom is 0.272 e. The first-order chi connectivity index (χ1) is 8.16. The van der Waals surface area contributed by atoms with E-state index in [1.807, 2.05) is 0 Å². The molecule has 2 rings (SSSR count). The van der Waals surface area contributed by atoms with Gasteiger partial charge in [-0.3, -0.25) is 4.79 Å². The number of carbonyl (C=O) groups excluding carboxylic acids is 1. The summed E-state index contributed by atoms with van der Waals surface area (Å²) in [5, 5.41) is 13.7. The van der Waals surface area contributed by atoms with Gasteiger partial charge in [-0.25, -0.2) is 4.39 Å². The van der Waals surface area contributed by atoms with E-state index in [2.05, 4.69) is 20.6 Å². The molecule has 1 saturated heterocycles. The Balaban J connectivity index is 1.80. The minimum absolute atomic E-state index is 0.407. The normalized spacial score (nSPS) is 19.3. The van der Waals surface area contributed by atoms with Crippen molar-refractivity contribution in [3.05, 3.63) is 5.82 Å². The van der Waals surface area contributed by atoms with Crippen LogP contribution in [0.5, 0.6) is 0 Å². The summed E-state index contributed by atoms with van der Waals surface area (Å²) in [6.07, 6.45) is 2.35. The highest BCUT2D eigenvalue weighted by Gasteiger charge is 2.27. The van der Waals surface area contributed by atoms with Crippen LogP contribution in [0.1, 0.15) is 18.7 Å². The van der Waals surface area contributed by atoms with Crippen LogP contribution >= 0.6 is 11.6 Å². The molecule has 0 radical (unpaired) electrons. The number of aromatic amines is 1. The molecular weight excluding hydrogens is 249 g/mol. The number of aromatic nitrogens is 4. The van der Waals surface area contributed by atoms with Gasteiger partial charge in [0.2, 0.25) is 0 Å². The fourth-order valence-corrected chi connectivity index (χ4v) is 2.16. The van der Waals surface area contributed by atoms with Crippen molar-refractivity contribution in [2.45, 2.75) is 24.9 Å². The molecule has 0 aliphatic carbocycles. The molecule has 0 bridgehead atoms. The van der Waals surface area contributed by atoms with Crippen molar-refractivity contribution in [2.24, 2.45) is 5.92 Å². The molecule has 6 nitrogen and oxygen atoms in total. The van der Waals surface area contributed by atoms with E-state index in [4.69, 9.17) is 11.6 Å². The van der Waals surface area contributed by atoms with Crippen molar-refractivity contribution in [3.8, 4) is 0 Å². The average molecular weight is 262 g/mol. The molecule has 1 aromatic heterocycles. The number of carbonyl (C=O) groups is 1. The highest BCUT2D eigenvalue weighted by molar-refractivity contribution is 6.29. The molecule has 0 spiro atoms. The molecule has 0 aromatic carbocycles. The number of piperidine rings is 1. The second-order valence-corrected chi connectivity index (χ2v) is 4.48. The van der Waals surface area contributed by atoms with Crippen LogP contribution in [-0.4, -0.2) is 50.2 Å². The molecule has 94 valence electrons. The molecule has 1 aromatic rings. The lowest BCUT2D eigenvalue weighted by molar-refractivity contribution is -0.135. The summed E-state index contributed by atoms with van der Waals surface area (Å²) in [6, 6.07) is 0. The summed E-state index contributed by atoms with van der Waals surface area (Å²) in [5.74, 6) is 0.449.